The number of rotatable bonds is 4. The molecular formula is C13H20ClN3O3S. The summed E-state index contributed by atoms with van der Waals surface area (Å²) in [6.45, 7) is 1.71. The molecule has 118 valence electrons. The van der Waals surface area contributed by atoms with Crippen LogP contribution in [0, 0.1) is 5.92 Å². The number of piperidine rings is 1. The van der Waals surface area contributed by atoms with E-state index in [0.29, 0.717) is 11.4 Å². The molecule has 0 aliphatic carbocycles. The normalized spacial score (nSPS) is 15.9. The van der Waals surface area contributed by atoms with Crippen LogP contribution in [0.3, 0.4) is 0 Å². The van der Waals surface area contributed by atoms with Gasteiger partial charge in [0.2, 0.25) is 15.9 Å². The molecule has 1 saturated heterocycles. The van der Waals surface area contributed by atoms with Crippen molar-refractivity contribution in [1.29, 1.82) is 0 Å². The van der Waals surface area contributed by atoms with Crippen molar-refractivity contribution in [3.8, 4) is 0 Å². The summed E-state index contributed by atoms with van der Waals surface area (Å²) < 4.78 is 24.7. The predicted octanol–water partition coefficient (Wildman–Crippen LogP) is 1.42. The SMILES string of the molecule is CS(=O)(=O)Nc1cccc(NC(=O)C2CCNCC2)c1.Cl. The number of amides is 1. The Balaban J connectivity index is 0.00000220. The van der Waals surface area contributed by atoms with E-state index in [1.54, 1.807) is 24.3 Å². The van der Waals surface area contributed by atoms with Gasteiger partial charge in [-0.1, -0.05) is 6.07 Å². The third-order valence-corrected chi connectivity index (χ3v) is 3.75. The van der Waals surface area contributed by atoms with Gasteiger partial charge in [-0.25, -0.2) is 8.42 Å². The lowest BCUT2D eigenvalue weighted by molar-refractivity contribution is -0.120. The minimum atomic E-state index is -3.31. The fraction of sp³-hybridized carbons (Fsp3) is 0.462. The van der Waals surface area contributed by atoms with Crippen molar-refractivity contribution in [1.82, 2.24) is 5.32 Å². The summed E-state index contributed by atoms with van der Waals surface area (Å²) in [5, 5.41) is 6.05. The van der Waals surface area contributed by atoms with Crippen LogP contribution >= 0.6 is 12.4 Å². The van der Waals surface area contributed by atoms with Crippen molar-refractivity contribution in [2.75, 3.05) is 29.4 Å². The van der Waals surface area contributed by atoms with Gasteiger partial charge in [0.25, 0.3) is 0 Å². The fourth-order valence-electron chi connectivity index (χ4n) is 2.20. The summed E-state index contributed by atoms with van der Waals surface area (Å²) in [5.74, 6) is 0.00535. The van der Waals surface area contributed by atoms with E-state index in [1.807, 2.05) is 0 Å². The van der Waals surface area contributed by atoms with Crippen LogP contribution in [0.15, 0.2) is 24.3 Å². The molecule has 2 rings (SSSR count). The van der Waals surface area contributed by atoms with Crippen LogP contribution in [0.5, 0.6) is 0 Å². The molecular weight excluding hydrogens is 314 g/mol. The van der Waals surface area contributed by atoms with Gasteiger partial charge in [-0.3, -0.25) is 9.52 Å². The first-order valence-electron chi connectivity index (χ1n) is 6.53. The summed E-state index contributed by atoms with van der Waals surface area (Å²) in [5.41, 5.74) is 1.04. The molecule has 1 fully saturated rings. The topological polar surface area (TPSA) is 87.3 Å². The number of carbonyl (C=O) groups excluding carboxylic acids is 1. The van der Waals surface area contributed by atoms with Crippen LogP contribution in [0.4, 0.5) is 11.4 Å². The van der Waals surface area contributed by atoms with Gasteiger partial charge in [0.15, 0.2) is 0 Å². The van der Waals surface area contributed by atoms with E-state index in [2.05, 4.69) is 15.4 Å². The first kappa shape index (κ1) is 17.7. The maximum absolute atomic E-state index is 12.1. The van der Waals surface area contributed by atoms with E-state index >= 15 is 0 Å². The third-order valence-electron chi connectivity index (χ3n) is 3.14. The van der Waals surface area contributed by atoms with E-state index in [0.717, 1.165) is 32.2 Å². The number of hydrogen-bond donors (Lipinski definition) is 3. The molecule has 0 spiro atoms. The van der Waals surface area contributed by atoms with Gasteiger partial charge in [0.1, 0.15) is 0 Å². The van der Waals surface area contributed by atoms with Crippen molar-refractivity contribution in [3.63, 3.8) is 0 Å². The quantitative estimate of drug-likeness (QED) is 0.777. The first-order chi connectivity index (χ1) is 9.44. The minimum absolute atomic E-state index is 0. The lowest BCUT2D eigenvalue weighted by Crippen LogP contribution is -2.34. The van der Waals surface area contributed by atoms with Crippen molar-refractivity contribution in [2.45, 2.75) is 12.8 Å². The number of benzene rings is 1. The second-order valence-corrected chi connectivity index (χ2v) is 6.72. The third kappa shape index (κ3) is 5.91. The molecule has 1 aliphatic rings. The highest BCUT2D eigenvalue weighted by Crippen LogP contribution is 2.19. The van der Waals surface area contributed by atoms with Crippen molar-refractivity contribution in [2.24, 2.45) is 5.92 Å². The number of sulfonamides is 1. The second kappa shape index (κ2) is 7.63. The van der Waals surface area contributed by atoms with Crippen molar-refractivity contribution < 1.29 is 13.2 Å². The van der Waals surface area contributed by atoms with Crippen LogP contribution in [0.25, 0.3) is 0 Å². The standard InChI is InChI=1S/C13H19N3O3S.ClH/c1-20(18,19)16-12-4-2-3-11(9-12)15-13(17)10-5-7-14-8-6-10;/h2-4,9-10,14,16H,5-8H2,1H3,(H,15,17);1H. The van der Waals surface area contributed by atoms with Gasteiger partial charge < -0.3 is 10.6 Å². The zero-order chi connectivity index (χ0) is 14.6. The number of halogens is 1. The lowest BCUT2D eigenvalue weighted by Gasteiger charge is -2.21. The zero-order valence-electron chi connectivity index (χ0n) is 11.8. The fourth-order valence-corrected chi connectivity index (χ4v) is 2.76. The Labute approximate surface area is 131 Å². The Bertz CT molecular complexity index is 586. The average Bonchev–Trinajstić information content (AvgIpc) is 2.38. The Kier molecular flexibility index (Phi) is 6.44. The van der Waals surface area contributed by atoms with Gasteiger partial charge in [0.05, 0.1) is 11.9 Å². The highest BCUT2D eigenvalue weighted by molar-refractivity contribution is 7.92. The largest absolute Gasteiger partial charge is 0.326 e. The van der Waals surface area contributed by atoms with E-state index in [1.165, 1.54) is 0 Å². The number of carbonyl (C=O) groups is 1. The lowest BCUT2D eigenvalue weighted by atomic mass is 9.97. The molecule has 0 radical (unpaired) electrons. The molecule has 0 atom stereocenters. The van der Waals surface area contributed by atoms with Gasteiger partial charge in [0, 0.05) is 11.6 Å². The van der Waals surface area contributed by atoms with Crippen molar-refractivity contribution >= 4 is 39.7 Å². The molecule has 0 unspecified atom stereocenters. The minimum Gasteiger partial charge on any atom is -0.326 e. The molecule has 1 amide bonds. The Morgan fingerprint density at radius 2 is 1.86 bits per heavy atom. The van der Waals surface area contributed by atoms with Gasteiger partial charge in [-0.15, -0.1) is 12.4 Å². The molecule has 1 aromatic rings. The smallest absolute Gasteiger partial charge is 0.229 e. The van der Waals surface area contributed by atoms with Gasteiger partial charge >= 0.3 is 0 Å². The molecule has 1 aromatic carbocycles. The summed E-state index contributed by atoms with van der Waals surface area (Å²) in [7, 11) is -3.31. The first-order valence-corrected chi connectivity index (χ1v) is 8.42. The average molecular weight is 334 g/mol. The highest BCUT2D eigenvalue weighted by Gasteiger charge is 2.20. The molecule has 0 aromatic heterocycles. The van der Waals surface area contributed by atoms with Gasteiger partial charge in [-0.05, 0) is 44.1 Å². The maximum Gasteiger partial charge on any atom is 0.229 e. The molecule has 1 heterocycles. The monoisotopic (exact) mass is 333 g/mol. The molecule has 6 nitrogen and oxygen atoms in total. The van der Waals surface area contributed by atoms with E-state index in [4.69, 9.17) is 0 Å². The summed E-state index contributed by atoms with van der Waals surface area (Å²) in [6.07, 6.45) is 2.74. The van der Waals surface area contributed by atoms with Gasteiger partial charge in [-0.2, -0.15) is 0 Å². The second-order valence-electron chi connectivity index (χ2n) is 4.97. The molecule has 3 N–H and O–H groups in total. The zero-order valence-corrected chi connectivity index (χ0v) is 13.4. The number of hydrogen-bond acceptors (Lipinski definition) is 4. The molecule has 1 aliphatic heterocycles. The van der Waals surface area contributed by atoms with Crippen LogP contribution in [-0.2, 0) is 14.8 Å². The summed E-state index contributed by atoms with van der Waals surface area (Å²) in [6, 6.07) is 6.69. The number of nitrogens with one attached hydrogen (secondary N) is 3. The Morgan fingerprint density at radius 3 is 2.48 bits per heavy atom. The van der Waals surface area contributed by atoms with E-state index in [9.17, 15) is 13.2 Å². The van der Waals surface area contributed by atoms with Crippen LogP contribution in [0.2, 0.25) is 0 Å². The van der Waals surface area contributed by atoms with Crippen LogP contribution in [-0.4, -0.2) is 33.7 Å². The van der Waals surface area contributed by atoms with Crippen molar-refractivity contribution in [3.05, 3.63) is 24.3 Å². The van der Waals surface area contributed by atoms with Crippen LogP contribution in [0.1, 0.15) is 12.8 Å². The van der Waals surface area contributed by atoms with E-state index in [-0.39, 0.29) is 24.2 Å². The Morgan fingerprint density at radius 1 is 1.24 bits per heavy atom. The predicted molar refractivity (Wildman–Crippen MR) is 86.4 cm³/mol. The Hall–Kier alpha value is -1.31. The van der Waals surface area contributed by atoms with Crippen LogP contribution < -0.4 is 15.4 Å². The summed E-state index contributed by atoms with van der Waals surface area (Å²) in [4.78, 5) is 12.1. The molecule has 0 bridgehead atoms. The summed E-state index contributed by atoms with van der Waals surface area (Å²) >= 11 is 0. The molecule has 0 saturated carbocycles. The molecule has 21 heavy (non-hydrogen) atoms. The maximum atomic E-state index is 12.1. The van der Waals surface area contributed by atoms with E-state index < -0.39 is 10.0 Å². The molecule has 8 heteroatoms. The number of anilines is 2. The highest BCUT2D eigenvalue weighted by atomic mass is 35.5.